The van der Waals surface area contributed by atoms with Crippen LogP contribution in [-0.4, -0.2) is 9.97 Å². The first-order valence-corrected chi connectivity index (χ1v) is 8.67. The standard InChI is InChI=1S/C19H26N2/c1-12-9-13(2)18-17(10-12)20-19(21-18)16-8-7-14-5-3-4-6-15(14)11-16/h9-10,14-16H,3-8,11H2,1-2H3,(H,20,21). The number of hydrogen-bond acceptors (Lipinski definition) is 1. The van der Waals surface area contributed by atoms with E-state index in [1.54, 1.807) is 0 Å². The van der Waals surface area contributed by atoms with Crippen LogP contribution in [0, 0.1) is 25.7 Å². The Morgan fingerprint density at radius 1 is 1.00 bits per heavy atom. The normalized spacial score (nSPS) is 29.5. The van der Waals surface area contributed by atoms with E-state index in [-0.39, 0.29) is 0 Å². The number of aryl methyl sites for hydroxylation is 2. The monoisotopic (exact) mass is 282 g/mol. The number of H-pyrrole nitrogens is 1. The molecule has 2 aromatic rings. The first kappa shape index (κ1) is 13.4. The molecule has 2 aliphatic rings. The lowest BCUT2D eigenvalue weighted by atomic mass is 9.67. The van der Waals surface area contributed by atoms with Crippen LogP contribution in [0.4, 0.5) is 0 Å². The Kier molecular flexibility index (Phi) is 3.28. The molecule has 1 N–H and O–H groups in total. The van der Waals surface area contributed by atoms with Crippen molar-refractivity contribution in [2.45, 2.75) is 64.7 Å². The zero-order valence-electron chi connectivity index (χ0n) is 13.3. The SMILES string of the molecule is Cc1cc(C)c2nc(C3CCC4CCCCC4C3)[nH]c2c1. The van der Waals surface area contributed by atoms with E-state index in [1.165, 1.54) is 72.9 Å². The molecule has 0 radical (unpaired) electrons. The number of nitrogens with zero attached hydrogens (tertiary/aromatic N) is 1. The molecule has 2 nitrogen and oxygen atoms in total. The number of fused-ring (bicyclic) bond motifs is 2. The molecule has 3 atom stereocenters. The van der Waals surface area contributed by atoms with Crippen molar-refractivity contribution < 1.29 is 0 Å². The molecule has 112 valence electrons. The predicted molar refractivity (Wildman–Crippen MR) is 87.6 cm³/mol. The van der Waals surface area contributed by atoms with Gasteiger partial charge in [0.25, 0.3) is 0 Å². The molecule has 0 saturated heterocycles. The molecule has 1 heterocycles. The van der Waals surface area contributed by atoms with Gasteiger partial charge in [-0.15, -0.1) is 0 Å². The van der Waals surface area contributed by atoms with E-state index in [0.717, 1.165) is 11.8 Å². The van der Waals surface area contributed by atoms with Gasteiger partial charge in [0.15, 0.2) is 0 Å². The number of rotatable bonds is 1. The van der Waals surface area contributed by atoms with Crippen LogP contribution in [0.3, 0.4) is 0 Å². The predicted octanol–water partition coefficient (Wildman–Crippen LogP) is 5.25. The maximum absolute atomic E-state index is 4.96. The number of aromatic nitrogens is 2. The van der Waals surface area contributed by atoms with Gasteiger partial charge in [-0.2, -0.15) is 0 Å². The molecule has 2 saturated carbocycles. The summed E-state index contributed by atoms with van der Waals surface area (Å²) in [5, 5.41) is 0. The smallest absolute Gasteiger partial charge is 0.110 e. The molecule has 3 unspecified atom stereocenters. The second-order valence-corrected chi connectivity index (χ2v) is 7.41. The Labute approximate surface area is 127 Å². The molecule has 21 heavy (non-hydrogen) atoms. The Balaban J connectivity index is 1.63. The Morgan fingerprint density at radius 3 is 2.67 bits per heavy atom. The molecular formula is C19H26N2. The average molecular weight is 282 g/mol. The lowest BCUT2D eigenvalue weighted by Gasteiger charge is -2.38. The highest BCUT2D eigenvalue weighted by Gasteiger charge is 2.33. The summed E-state index contributed by atoms with van der Waals surface area (Å²) in [6.07, 6.45) is 9.97. The maximum atomic E-state index is 4.96. The van der Waals surface area contributed by atoms with Gasteiger partial charge >= 0.3 is 0 Å². The van der Waals surface area contributed by atoms with Gasteiger partial charge in [0.1, 0.15) is 5.82 Å². The van der Waals surface area contributed by atoms with Crippen molar-refractivity contribution in [1.29, 1.82) is 0 Å². The van der Waals surface area contributed by atoms with E-state index in [0.29, 0.717) is 5.92 Å². The van der Waals surface area contributed by atoms with Crippen molar-refractivity contribution in [3.63, 3.8) is 0 Å². The van der Waals surface area contributed by atoms with E-state index in [9.17, 15) is 0 Å². The van der Waals surface area contributed by atoms with Crippen molar-refractivity contribution >= 4 is 11.0 Å². The summed E-state index contributed by atoms with van der Waals surface area (Å²) in [5.41, 5.74) is 5.04. The quantitative estimate of drug-likeness (QED) is 0.760. The van der Waals surface area contributed by atoms with Gasteiger partial charge in [-0.3, -0.25) is 0 Å². The highest BCUT2D eigenvalue weighted by Crippen LogP contribution is 2.45. The summed E-state index contributed by atoms with van der Waals surface area (Å²) in [4.78, 5) is 8.59. The fourth-order valence-electron chi connectivity index (χ4n) is 4.81. The fraction of sp³-hybridized carbons (Fsp3) is 0.632. The fourth-order valence-corrected chi connectivity index (χ4v) is 4.81. The van der Waals surface area contributed by atoms with Crippen molar-refractivity contribution in [1.82, 2.24) is 9.97 Å². The molecule has 4 rings (SSSR count). The van der Waals surface area contributed by atoms with E-state index in [2.05, 4.69) is 31.0 Å². The highest BCUT2D eigenvalue weighted by atomic mass is 14.9. The van der Waals surface area contributed by atoms with Gasteiger partial charge in [-0.1, -0.05) is 31.7 Å². The van der Waals surface area contributed by atoms with Crippen LogP contribution < -0.4 is 0 Å². The largest absolute Gasteiger partial charge is 0.342 e. The number of nitrogens with one attached hydrogen (secondary N) is 1. The first-order chi connectivity index (χ1) is 10.2. The third kappa shape index (κ3) is 2.39. The maximum Gasteiger partial charge on any atom is 0.110 e. The van der Waals surface area contributed by atoms with Gasteiger partial charge in [0, 0.05) is 5.92 Å². The Bertz CT molecular complexity index is 655. The average Bonchev–Trinajstić information content (AvgIpc) is 2.91. The summed E-state index contributed by atoms with van der Waals surface area (Å²) in [6.45, 7) is 4.35. The van der Waals surface area contributed by atoms with Crippen LogP contribution in [0.5, 0.6) is 0 Å². The molecule has 0 aliphatic heterocycles. The highest BCUT2D eigenvalue weighted by molar-refractivity contribution is 5.79. The second kappa shape index (κ2) is 5.15. The third-order valence-corrected chi connectivity index (χ3v) is 5.87. The molecular weight excluding hydrogens is 256 g/mol. The number of benzene rings is 1. The topological polar surface area (TPSA) is 28.7 Å². The van der Waals surface area contributed by atoms with Gasteiger partial charge in [0.2, 0.25) is 0 Å². The Morgan fingerprint density at radius 2 is 1.81 bits per heavy atom. The summed E-state index contributed by atoms with van der Waals surface area (Å²) < 4.78 is 0. The molecule has 2 aliphatic carbocycles. The molecule has 0 bridgehead atoms. The molecule has 0 amide bonds. The minimum atomic E-state index is 0.663. The zero-order chi connectivity index (χ0) is 14.4. The van der Waals surface area contributed by atoms with E-state index in [4.69, 9.17) is 4.98 Å². The van der Waals surface area contributed by atoms with Crippen LogP contribution in [0.25, 0.3) is 11.0 Å². The van der Waals surface area contributed by atoms with Crippen LogP contribution in [-0.2, 0) is 0 Å². The number of imidazole rings is 1. The third-order valence-electron chi connectivity index (χ3n) is 5.87. The zero-order valence-corrected chi connectivity index (χ0v) is 13.3. The van der Waals surface area contributed by atoms with Crippen molar-refractivity contribution in [2.75, 3.05) is 0 Å². The van der Waals surface area contributed by atoms with E-state index >= 15 is 0 Å². The van der Waals surface area contributed by atoms with Crippen LogP contribution in [0.2, 0.25) is 0 Å². The van der Waals surface area contributed by atoms with Crippen LogP contribution in [0.1, 0.15) is 67.8 Å². The number of aromatic amines is 1. The summed E-state index contributed by atoms with van der Waals surface area (Å²) >= 11 is 0. The summed E-state index contributed by atoms with van der Waals surface area (Å²) in [6, 6.07) is 4.48. The van der Waals surface area contributed by atoms with Gasteiger partial charge < -0.3 is 4.98 Å². The van der Waals surface area contributed by atoms with Crippen molar-refractivity contribution in [2.24, 2.45) is 11.8 Å². The van der Waals surface area contributed by atoms with Crippen LogP contribution in [0.15, 0.2) is 12.1 Å². The first-order valence-electron chi connectivity index (χ1n) is 8.67. The second-order valence-electron chi connectivity index (χ2n) is 7.41. The molecule has 1 aromatic carbocycles. The molecule has 0 spiro atoms. The molecule has 2 heteroatoms. The van der Waals surface area contributed by atoms with Crippen molar-refractivity contribution in [3.05, 3.63) is 29.1 Å². The van der Waals surface area contributed by atoms with Crippen molar-refractivity contribution in [3.8, 4) is 0 Å². The number of hydrogen-bond donors (Lipinski definition) is 1. The van der Waals surface area contributed by atoms with Crippen LogP contribution >= 0.6 is 0 Å². The van der Waals surface area contributed by atoms with E-state index in [1.807, 2.05) is 0 Å². The minimum absolute atomic E-state index is 0.663. The lowest BCUT2D eigenvalue weighted by Crippen LogP contribution is -2.27. The minimum Gasteiger partial charge on any atom is -0.342 e. The lowest BCUT2D eigenvalue weighted by molar-refractivity contribution is 0.153. The van der Waals surface area contributed by atoms with Gasteiger partial charge in [-0.05, 0) is 62.1 Å². The summed E-state index contributed by atoms with van der Waals surface area (Å²) in [5.74, 6) is 3.90. The van der Waals surface area contributed by atoms with Gasteiger partial charge in [0.05, 0.1) is 11.0 Å². The Hall–Kier alpha value is -1.31. The molecule has 2 fully saturated rings. The van der Waals surface area contributed by atoms with Gasteiger partial charge in [-0.25, -0.2) is 4.98 Å². The molecule has 1 aromatic heterocycles. The van der Waals surface area contributed by atoms with E-state index < -0.39 is 0 Å². The summed E-state index contributed by atoms with van der Waals surface area (Å²) in [7, 11) is 0.